The molecule has 4 heteroatoms. The summed E-state index contributed by atoms with van der Waals surface area (Å²) in [6, 6.07) is 6.61. The van der Waals surface area contributed by atoms with E-state index in [-0.39, 0.29) is 17.7 Å². The summed E-state index contributed by atoms with van der Waals surface area (Å²) < 4.78 is 0. The van der Waals surface area contributed by atoms with Gasteiger partial charge in [-0.3, -0.25) is 9.69 Å². The van der Waals surface area contributed by atoms with Crippen LogP contribution < -0.4 is 5.32 Å². The molecule has 118 valence electrons. The van der Waals surface area contributed by atoms with Gasteiger partial charge in [0.25, 0.3) is 0 Å². The van der Waals surface area contributed by atoms with Crippen LogP contribution >= 0.6 is 0 Å². The van der Waals surface area contributed by atoms with Crippen LogP contribution in [0.2, 0.25) is 0 Å². The van der Waals surface area contributed by atoms with Gasteiger partial charge >= 0.3 is 0 Å². The Morgan fingerprint density at radius 3 is 3.09 bits per heavy atom. The van der Waals surface area contributed by atoms with Crippen LogP contribution in [0.25, 0.3) is 0 Å². The smallest absolute Gasteiger partial charge is 0.150 e. The number of ketones is 1. The number of Topliss-reactive ketones (excluding diaryl/α,β-unsaturated/α-hetero) is 1. The second-order valence-corrected chi connectivity index (χ2v) is 7.90. The van der Waals surface area contributed by atoms with Crippen LogP contribution in [-0.4, -0.2) is 40.5 Å². The molecule has 7 rings (SSSR count). The number of para-hydroxylation sites is 1. The summed E-state index contributed by atoms with van der Waals surface area (Å²) in [6.07, 6.45) is 4.24. The van der Waals surface area contributed by atoms with E-state index in [0.29, 0.717) is 23.8 Å². The predicted molar refractivity (Wildman–Crippen MR) is 86.5 cm³/mol. The molecule has 4 saturated heterocycles. The number of aromatic hydroxyl groups is 1. The fourth-order valence-electron chi connectivity index (χ4n) is 6.63. The molecule has 1 unspecified atom stereocenters. The van der Waals surface area contributed by atoms with E-state index < -0.39 is 5.41 Å². The van der Waals surface area contributed by atoms with Crippen LogP contribution in [0.4, 0.5) is 5.69 Å². The van der Waals surface area contributed by atoms with Crippen molar-refractivity contribution in [1.82, 2.24) is 4.90 Å². The maximum Gasteiger partial charge on any atom is 0.150 e. The van der Waals surface area contributed by atoms with Crippen LogP contribution in [0.15, 0.2) is 29.8 Å². The summed E-state index contributed by atoms with van der Waals surface area (Å²) in [5.41, 5.74) is 2.92. The first-order valence-electron chi connectivity index (χ1n) is 8.71. The first kappa shape index (κ1) is 12.6. The minimum Gasteiger partial charge on any atom is -0.506 e. The Bertz CT molecular complexity index is 801. The standard InChI is InChI=1S/C19H20N2O2/c1-2-9-8-21-12-6-10(9)15-13(21)7-19(18(15)23)11-4-3-5-14(22)16(11)20-17(12)19/h2-5,10,12-13,15,17,20,22H,6-8H2,1H3/b9-2-/t10-,12-,13-,15-,17-,19+/m0/s1. The predicted octanol–water partition coefficient (Wildman–Crippen LogP) is 2.05. The number of nitrogens with zero attached hydrogens (tertiary/aromatic N) is 1. The van der Waals surface area contributed by atoms with Crippen molar-refractivity contribution in [1.29, 1.82) is 0 Å². The normalized spacial score (nSPS) is 49.4. The van der Waals surface area contributed by atoms with Crippen molar-refractivity contribution in [2.75, 3.05) is 11.9 Å². The third-order valence-electron chi connectivity index (χ3n) is 7.42. The summed E-state index contributed by atoms with van der Waals surface area (Å²) in [5.74, 6) is 1.32. The van der Waals surface area contributed by atoms with Crippen LogP contribution in [0, 0.1) is 11.8 Å². The van der Waals surface area contributed by atoms with E-state index in [0.717, 1.165) is 30.6 Å². The van der Waals surface area contributed by atoms with Gasteiger partial charge in [0, 0.05) is 24.5 Å². The van der Waals surface area contributed by atoms with Gasteiger partial charge in [-0.25, -0.2) is 0 Å². The monoisotopic (exact) mass is 308 g/mol. The zero-order valence-corrected chi connectivity index (χ0v) is 13.1. The Balaban J connectivity index is 1.62. The van der Waals surface area contributed by atoms with Crippen LogP contribution in [-0.2, 0) is 10.2 Å². The molecule has 1 aromatic rings. The van der Waals surface area contributed by atoms with Crippen LogP contribution in [0.1, 0.15) is 25.3 Å². The number of carbonyl (C=O) groups is 1. The van der Waals surface area contributed by atoms with Crippen molar-refractivity contribution < 1.29 is 9.90 Å². The number of allylic oxidation sites excluding steroid dienone is 1. The van der Waals surface area contributed by atoms with E-state index in [9.17, 15) is 9.90 Å². The molecule has 1 aliphatic carbocycles. The average Bonchev–Trinajstić information content (AvgIpc) is 3.03. The summed E-state index contributed by atoms with van der Waals surface area (Å²) in [6.45, 7) is 3.14. The van der Waals surface area contributed by atoms with Crippen LogP contribution in [0.5, 0.6) is 5.75 Å². The number of hydrogen-bond acceptors (Lipinski definition) is 4. The highest BCUT2D eigenvalue weighted by Gasteiger charge is 2.73. The fraction of sp³-hybridized carbons (Fsp3) is 0.526. The highest BCUT2D eigenvalue weighted by Crippen LogP contribution is 2.65. The largest absolute Gasteiger partial charge is 0.506 e. The van der Waals surface area contributed by atoms with E-state index in [4.69, 9.17) is 0 Å². The lowest BCUT2D eigenvalue weighted by molar-refractivity contribution is -0.126. The fourth-order valence-corrected chi connectivity index (χ4v) is 6.63. The molecule has 23 heavy (non-hydrogen) atoms. The summed E-state index contributed by atoms with van der Waals surface area (Å²) in [5, 5.41) is 13.8. The highest BCUT2D eigenvalue weighted by atomic mass is 16.3. The van der Waals surface area contributed by atoms with Gasteiger partial charge in [0.2, 0.25) is 0 Å². The lowest BCUT2D eigenvalue weighted by Gasteiger charge is -2.57. The zero-order chi connectivity index (χ0) is 15.5. The van der Waals surface area contributed by atoms with Gasteiger partial charge in [-0.15, -0.1) is 0 Å². The zero-order valence-electron chi connectivity index (χ0n) is 13.1. The topological polar surface area (TPSA) is 52.6 Å². The van der Waals surface area contributed by atoms with E-state index in [2.05, 4.69) is 29.3 Å². The van der Waals surface area contributed by atoms with Gasteiger partial charge in [0.05, 0.1) is 17.1 Å². The van der Waals surface area contributed by atoms with Gasteiger partial charge in [-0.2, -0.15) is 0 Å². The number of phenolic OH excluding ortho intramolecular Hbond substituents is 1. The Hall–Kier alpha value is -1.81. The van der Waals surface area contributed by atoms with E-state index in [1.165, 1.54) is 5.57 Å². The molecule has 0 radical (unpaired) electrons. The van der Waals surface area contributed by atoms with E-state index in [1.54, 1.807) is 6.07 Å². The third kappa shape index (κ3) is 1.12. The van der Waals surface area contributed by atoms with Crippen molar-refractivity contribution in [2.24, 2.45) is 11.8 Å². The number of rotatable bonds is 0. The molecule has 5 heterocycles. The molecule has 6 aliphatic rings. The number of carbonyl (C=O) groups excluding carboxylic acids is 1. The number of nitrogens with one attached hydrogen (secondary N) is 1. The molecule has 5 aliphatic heterocycles. The SMILES string of the molecule is C/C=C1/CN2[C@H]3C[C@]45C(=O)[C@H]3[C@H]1C[C@H]2[C@@H]4Nc1c(O)cccc15. The molecule has 1 saturated carbocycles. The van der Waals surface area contributed by atoms with Gasteiger partial charge < -0.3 is 10.4 Å². The third-order valence-corrected chi connectivity index (χ3v) is 7.42. The van der Waals surface area contributed by atoms with E-state index in [1.807, 2.05) is 6.07 Å². The minimum atomic E-state index is -0.400. The Kier molecular flexibility index (Phi) is 1.99. The van der Waals surface area contributed by atoms with Gasteiger partial charge in [0.1, 0.15) is 5.75 Å². The highest BCUT2D eigenvalue weighted by molar-refractivity contribution is 6.02. The van der Waals surface area contributed by atoms with Crippen molar-refractivity contribution in [3.05, 3.63) is 35.4 Å². The Morgan fingerprint density at radius 2 is 2.26 bits per heavy atom. The molecule has 4 nitrogen and oxygen atoms in total. The molecule has 5 bridgehead atoms. The van der Waals surface area contributed by atoms with Gasteiger partial charge in [-0.1, -0.05) is 23.8 Å². The Labute approximate surface area is 135 Å². The molecule has 0 amide bonds. The second-order valence-electron chi connectivity index (χ2n) is 7.90. The number of hydrogen-bond donors (Lipinski definition) is 2. The lowest BCUT2D eigenvalue weighted by atomic mass is 9.65. The molecular weight excluding hydrogens is 288 g/mol. The van der Waals surface area contributed by atoms with E-state index >= 15 is 0 Å². The Morgan fingerprint density at radius 1 is 1.39 bits per heavy atom. The summed E-state index contributed by atoms with van der Waals surface area (Å²) in [4.78, 5) is 16.2. The maximum absolute atomic E-state index is 13.6. The van der Waals surface area contributed by atoms with Crippen molar-refractivity contribution in [3.63, 3.8) is 0 Å². The second kappa shape index (κ2) is 3.64. The summed E-state index contributed by atoms with van der Waals surface area (Å²) in [7, 11) is 0. The number of benzene rings is 1. The molecule has 5 fully saturated rings. The lowest BCUT2D eigenvalue weighted by Crippen LogP contribution is -2.66. The van der Waals surface area contributed by atoms with Gasteiger partial charge in [0.15, 0.2) is 5.78 Å². The van der Waals surface area contributed by atoms with Gasteiger partial charge in [-0.05, 0) is 37.3 Å². The first-order valence-corrected chi connectivity index (χ1v) is 8.71. The minimum absolute atomic E-state index is 0.128. The van der Waals surface area contributed by atoms with Crippen molar-refractivity contribution in [3.8, 4) is 5.75 Å². The molecule has 1 spiro atoms. The van der Waals surface area contributed by atoms with Crippen LogP contribution in [0.3, 0.4) is 0 Å². The van der Waals surface area contributed by atoms with Crippen molar-refractivity contribution >= 4 is 11.5 Å². The number of piperidine rings is 4. The molecular formula is C19H20N2O2. The molecule has 7 atom stereocenters. The number of phenols is 1. The average molecular weight is 308 g/mol. The number of anilines is 1. The molecule has 1 aromatic carbocycles. The quantitative estimate of drug-likeness (QED) is 0.569. The molecule has 2 N–H and O–H groups in total. The first-order chi connectivity index (χ1) is 11.2. The maximum atomic E-state index is 13.6. The number of fused-ring (bicyclic) bond motifs is 2. The molecule has 0 aromatic heterocycles. The van der Waals surface area contributed by atoms with Crippen molar-refractivity contribution in [2.45, 2.75) is 43.3 Å². The summed E-state index contributed by atoms with van der Waals surface area (Å²) >= 11 is 0.